The van der Waals surface area contributed by atoms with Gasteiger partial charge in [-0.3, -0.25) is 4.68 Å². The number of aromatic nitrogens is 3. The zero-order valence-corrected chi connectivity index (χ0v) is 18.6. The van der Waals surface area contributed by atoms with Crippen LogP contribution in [0.4, 0.5) is 4.39 Å². The Morgan fingerprint density at radius 1 is 1.06 bits per heavy atom. The topological polar surface area (TPSA) is 68.1 Å². The molecule has 2 heterocycles. The average Bonchev–Trinajstić information content (AvgIpc) is 3.36. The molecule has 0 saturated carbocycles. The van der Waals surface area contributed by atoms with E-state index in [1.807, 2.05) is 26.1 Å². The van der Waals surface area contributed by atoms with Gasteiger partial charge in [0.05, 0.1) is 10.9 Å². The minimum Gasteiger partial charge on any atom is -0.253 e. The summed E-state index contributed by atoms with van der Waals surface area (Å²) < 4.78 is 44.2. The Balaban J connectivity index is 1.61. The second-order valence-corrected chi connectivity index (χ2v) is 9.98. The van der Waals surface area contributed by atoms with E-state index >= 15 is 0 Å². The molecule has 1 saturated heterocycles. The van der Waals surface area contributed by atoms with Crippen LogP contribution in [0.5, 0.6) is 0 Å². The molecule has 31 heavy (non-hydrogen) atoms. The number of rotatable bonds is 7. The van der Waals surface area contributed by atoms with Crippen LogP contribution >= 0.6 is 0 Å². The Hall–Kier alpha value is -2.58. The van der Waals surface area contributed by atoms with Crippen molar-refractivity contribution < 1.29 is 12.8 Å². The summed E-state index contributed by atoms with van der Waals surface area (Å²) in [5.74, 6) is 0.566. The maximum absolute atomic E-state index is 13.7. The lowest BCUT2D eigenvalue weighted by atomic mass is 10.0. The van der Waals surface area contributed by atoms with Gasteiger partial charge >= 0.3 is 0 Å². The molecule has 0 bridgehead atoms. The molecule has 1 fully saturated rings. The second kappa shape index (κ2) is 8.88. The minimum atomic E-state index is -3.70. The van der Waals surface area contributed by atoms with E-state index in [1.54, 1.807) is 33.3 Å². The van der Waals surface area contributed by atoms with E-state index in [9.17, 15) is 12.8 Å². The quantitative estimate of drug-likeness (QED) is 0.551. The Morgan fingerprint density at radius 2 is 1.77 bits per heavy atom. The van der Waals surface area contributed by atoms with Crippen molar-refractivity contribution in [2.45, 2.75) is 56.0 Å². The van der Waals surface area contributed by atoms with Crippen molar-refractivity contribution in [2.75, 3.05) is 0 Å². The van der Waals surface area contributed by atoms with E-state index in [0.717, 1.165) is 42.6 Å². The summed E-state index contributed by atoms with van der Waals surface area (Å²) in [6.07, 6.45) is 5.30. The van der Waals surface area contributed by atoms with E-state index in [4.69, 9.17) is 0 Å². The van der Waals surface area contributed by atoms with Crippen LogP contribution in [0.1, 0.15) is 48.7 Å². The van der Waals surface area contributed by atoms with Gasteiger partial charge in [0.25, 0.3) is 0 Å². The highest BCUT2D eigenvalue weighted by Gasteiger charge is 2.42. The van der Waals surface area contributed by atoms with Crippen molar-refractivity contribution in [1.29, 1.82) is 0 Å². The number of hydrogen-bond acceptors (Lipinski definition) is 4. The second-order valence-electron chi connectivity index (χ2n) is 8.14. The van der Waals surface area contributed by atoms with Crippen LogP contribution in [0.3, 0.4) is 0 Å². The molecule has 0 radical (unpaired) electrons. The van der Waals surface area contributed by atoms with Gasteiger partial charge in [0, 0.05) is 19.5 Å². The molecule has 4 rings (SSSR count). The number of halogens is 1. The van der Waals surface area contributed by atoms with E-state index in [1.165, 1.54) is 18.5 Å². The SMILES string of the molecule is Cc1ccc(S(=O)(=O)N2C(CCCc3ncnn3C)CCC2c2ccc(F)cc2)cc1. The van der Waals surface area contributed by atoms with Gasteiger partial charge in [-0.05, 0) is 62.4 Å². The fourth-order valence-corrected chi connectivity index (χ4v) is 6.26. The van der Waals surface area contributed by atoms with Crippen LogP contribution in [0, 0.1) is 12.7 Å². The van der Waals surface area contributed by atoms with Gasteiger partial charge in [0.15, 0.2) is 0 Å². The molecule has 1 aliphatic heterocycles. The predicted octanol–water partition coefficient (Wildman–Crippen LogP) is 4.18. The Bertz CT molecular complexity index is 1130. The highest BCUT2D eigenvalue weighted by Crippen LogP contribution is 2.42. The zero-order valence-electron chi connectivity index (χ0n) is 17.8. The minimum absolute atomic E-state index is 0.116. The van der Waals surface area contributed by atoms with Crippen LogP contribution in [0.15, 0.2) is 59.8 Å². The first-order valence-corrected chi connectivity index (χ1v) is 12.0. The number of benzene rings is 2. The number of nitrogens with zero attached hydrogens (tertiary/aromatic N) is 4. The molecule has 2 unspecified atom stereocenters. The van der Waals surface area contributed by atoms with Crippen molar-refractivity contribution in [3.63, 3.8) is 0 Å². The van der Waals surface area contributed by atoms with Gasteiger partial charge in [-0.1, -0.05) is 29.8 Å². The summed E-state index contributed by atoms with van der Waals surface area (Å²) in [4.78, 5) is 4.56. The van der Waals surface area contributed by atoms with Crippen molar-refractivity contribution >= 4 is 10.0 Å². The van der Waals surface area contributed by atoms with Crippen molar-refractivity contribution in [3.05, 3.63) is 77.6 Å². The molecule has 0 N–H and O–H groups in total. The molecule has 8 heteroatoms. The molecule has 2 atom stereocenters. The van der Waals surface area contributed by atoms with E-state index < -0.39 is 10.0 Å². The molecule has 0 aliphatic carbocycles. The molecule has 2 aromatic carbocycles. The van der Waals surface area contributed by atoms with E-state index in [2.05, 4.69) is 10.1 Å². The lowest BCUT2D eigenvalue weighted by Gasteiger charge is -2.30. The lowest BCUT2D eigenvalue weighted by Crippen LogP contribution is -2.37. The molecule has 6 nitrogen and oxygen atoms in total. The number of aryl methyl sites for hydroxylation is 3. The zero-order chi connectivity index (χ0) is 22.0. The summed E-state index contributed by atoms with van der Waals surface area (Å²) in [6, 6.07) is 12.7. The van der Waals surface area contributed by atoms with Gasteiger partial charge in [0.2, 0.25) is 10.0 Å². The largest absolute Gasteiger partial charge is 0.253 e. The Morgan fingerprint density at radius 3 is 2.42 bits per heavy atom. The van der Waals surface area contributed by atoms with Crippen molar-refractivity contribution in [3.8, 4) is 0 Å². The molecule has 1 aromatic heterocycles. The molecule has 164 valence electrons. The Labute approximate surface area is 182 Å². The van der Waals surface area contributed by atoms with Crippen LogP contribution in [-0.2, 0) is 23.5 Å². The number of hydrogen-bond donors (Lipinski definition) is 0. The molecule has 0 spiro atoms. The third-order valence-corrected chi connectivity index (χ3v) is 8.01. The number of sulfonamides is 1. The van der Waals surface area contributed by atoms with E-state index in [0.29, 0.717) is 11.3 Å². The average molecular weight is 443 g/mol. The van der Waals surface area contributed by atoms with Gasteiger partial charge in [-0.2, -0.15) is 9.40 Å². The summed E-state index contributed by atoms with van der Waals surface area (Å²) in [5.41, 5.74) is 1.84. The van der Waals surface area contributed by atoms with Crippen LogP contribution < -0.4 is 0 Å². The lowest BCUT2D eigenvalue weighted by molar-refractivity contribution is 0.308. The maximum atomic E-state index is 13.7. The van der Waals surface area contributed by atoms with Crippen molar-refractivity contribution in [1.82, 2.24) is 19.1 Å². The molecule has 0 amide bonds. The van der Waals surface area contributed by atoms with Crippen LogP contribution in [0.2, 0.25) is 0 Å². The first-order valence-electron chi connectivity index (χ1n) is 10.5. The molecular formula is C23H27FN4O2S. The highest BCUT2D eigenvalue weighted by molar-refractivity contribution is 7.89. The first kappa shape index (κ1) is 21.6. The summed E-state index contributed by atoms with van der Waals surface area (Å²) in [7, 11) is -1.84. The normalized spacial score (nSPS) is 19.7. The summed E-state index contributed by atoms with van der Waals surface area (Å²) in [6.45, 7) is 1.93. The molecular weight excluding hydrogens is 415 g/mol. The monoisotopic (exact) mass is 442 g/mol. The first-order chi connectivity index (χ1) is 14.9. The van der Waals surface area contributed by atoms with Crippen molar-refractivity contribution in [2.24, 2.45) is 7.05 Å². The fraction of sp³-hybridized carbons (Fsp3) is 0.391. The summed E-state index contributed by atoms with van der Waals surface area (Å²) in [5, 5.41) is 4.10. The highest BCUT2D eigenvalue weighted by atomic mass is 32.2. The predicted molar refractivity (Wildman–Crippen MR) is 116 cm³/mol. The Kier molecular flexibility index (Phi) is 6.20. The smallest absolute Gasteiger partial charge is 0.243 e. The van der Waals surface area contributed by atoms with Gasteiger partial charge in [-0.15, -0.1) is 0 Å². The van der Waals surface area contributed by atoms with Gasteiger partial charge in [-0.25, -0.2) is 17.8 Å². The third-order valence-electron chi connectivity index (χ3n) is 6.03. The third kappa shape index (κ3) is 4.55. The van der Waals surface area contributed by atoms with Crippen LogP contribution in [-0.4, -0.2) is 33.5 Å². The fourth-order valence-electron chi connectivity index (χ4n) is 4.37. The maximum Gasteiger partial charge on any atom is 0.243 e. The van der Waals surface area contributed by atoms with Gasteiger partial charge < -0.3 is 0 Å². The summed E-state index contributed by atoms with van der Waals surface area (Å²) >= 11 is 0. The van der Waals surface area contributed by atoms with Gasteiger partial charge in [0.1, 0.15) is 18.0 Å². The van der Waals surface area contributed by atoms with E-state index in [-0.39, 0.29) is 17.9 Å². The van der Waals surface area contributed by atoms with Crippen LogP contribution in [0.25, 0.3) is 0 Å². The standard InChI is InChI=1S/C23H27FN4O2S/c1-17-6-13-21(14-7-17)31(29,30)28-20(4-3-5-23-25-16-26-27(23)2)12-15-22(28)18-8-10-19(24)11-9-18/h6-11,13-14,16,20,22H,3-5,12,15H2,1-2H3. The molecule has 1 aliphatic rings. The molecule has 3 aromatic rings.